The Bertz CT molecular complexity index is 949. The molecule has 1 aromatic heterocycles. The lowest BCUT2D eigenvalue weighted by molar-refractivity contribution is -0.119. The molecule has 7 heteroatoms. The van der Waals surface area contributed by atoms with Gasteiger partial charge in [0.1, 0.15) is 5.82 Å². The van der Waals surface area contributed by atoms with Gasteiger partial charge < -0.3 is 20.4 Å². The van der Waals surface area contributed by atoms with Gasteiger partial charge in [-0.15, -0.1) is 12.4 Å². The number of amides is 1. The normalized spacial score (nSPS) is 15.8. The fourth-order valence-corrected chi connectivity index (χ4v) is 3.62. The Balaban J connectivity index is 0.00000225. The van der Waals surface area contributed by atoms with Gasteiger partial charge in [-0.25, -0.2) is 4.98 Å². The standard InChI is InChI=1S/C21H24N4O2.ClH/c1-25-18-5-3-2-4-17(18)24-20(25)15-6-8-16(9-7-15)23-21(26)19(22)14-10-12-27-13-11-14;/h2-9,14,19H,10-13,22H2,1H3,(H,23,26);1H. The van der Waals surface area contributed by atoms with E-state index < -0.39 is 6.04 Å². The molecule has 28 heavy (non-hydrogen) atoms. The molecule has 0 spiro atoms. The number of rotatable bonds is 4. The second kappa shape index (κ2) is 8.73. The van der Waals surface area contributed by atoms with Crippen LogP contribution in [0.2, 0.25) is 0 Å². The number of hydrogen-bond acceptors (Lipinski definition) is 4. The number of hydrogen-bond donors (Lipinski definition) is 2. The number of aryl methyl sites for hydroxylation is 1. The maximum absolute atomic E-state index is 12.4. The summed E-state index contributed by atoms with van der Waals surface area (Å²) < 4.78 is 7.41. The van der Waals surface area contributed by atoms with Gasteiger partial charge >= 0.3 is 0 Å². The van der Waals surface area contributed by atoms with Crippen LogP contribution in [0.1, 0.15) is 12.8 Å². The molecule has 2 aromatic carbocycles. The number of anilines is 1. The molecule has 1 aliphatic heterocycles. The number of nitrogens with one attached hydrogen (secondary N) is 1. The number of aromatic nitrogens is 2. The molecule has 1 atom stereocenters. The fourth-order valence-electron chi connectivity index (χ4n) is 3.62. The number of carbonyl (C=O) groups is 1. The molecule has 4 rings (SSSR count). The first-order valence-corrected chi connectivity index (χ1v) is 9.29. The van der Waals surface area contributed by atoms with Gasteiger partial charge in [-0.05, 0) is 55.2 Å². The monoisotopic (exact) mass is 400 g/mol. The molecule has 6 nitrogen and oxygen atoms in total. The van der Waals surface area contributed by atoms with Crippen molar-refractivity contribution < 1.29 is 9.53 Å². The first-order chi connectivity index (χ1) is 13.1. The van der Waals surface area contributed by atoms with Crippen molar-refractivity contribution in [3.8, 4) is 11.4 Å². The Hall–Kier alpha value is -2.41. The maximum atomic E-state index is 12.4. The summed E-state index contributed by atoms with van der Waals surface area (Å²) in [4.78, 5) is 17.2. The number of benzene rings is 2. The van der Waals surface area contributed by atoms with Crippen LogP contribution in [0.15, 0.2) is 48.5 Å². The Morgan fingerprint density at radius 1 is 1.18 bits per heavy atom. The maximum Gasteiger partial charge on any atom is 0.241 e. The summed E-state index contributed by atoms with van der Waals surface area (Å²) in [5, 5.41) is 2.93. The van der Waals surface area contributed by atoms with E-state index in [4.69, 9.17) is 15.5 Å². The summed E-state index contributed by atoms with van der Waals surface area (Å²) >= 11 is 0. The molecule has 3 N–H and O–H groups in total. The minimum absolute atomic E-state index is 0. The van der Waals surface area contributed by atoms with Crippen molar-refractivity contribution in [2.45, 2.75) is 18.9 Å². The number of fused-ring (bicyclic) bond motifs is 1. The van der Waals surface area contributed by atoms with E-state index in [0.717, 1.165) is 41.0 Å². The van der Waals surface area contributed by atoms with Crippen molar-refractivity contribution in [3.63, 3.8) is 0 Å². The van der Waals surface area contributed by atoms with E-state index in [1.807, 2.05) is 49.5 Å². The summed E-state index contributed by atoms with van der Waals surface area (Å²) in [5.74, 6) is 0.934. The van der Waals surface area contributed by atoms with E-state index in [-0.39, 0.29) is 24.2 Å². The summed E-state index contributed by atoms with van der Waals surface area (Å²) in [6.07, 6.45) is 1.67. The Morgan fingerprint density at radius 2 is 1.86 bits per heavy atom. The van der Waals surface area contributed by atoms with Crippen LogP contribution in [-0.4, -0.2) is 34.7 Å². The first kappa shape index (κ1) is 20.3. The summed E-state index contributed by atoms with van der Waals surface area (Å²) in [5.41, 5.74) is 9.94. The van der Waals surface area contributed by atoms with Gasteiger partial charge in [0.15, 0.2) is 0 Å². The number of imidazole rings is 1. The average molecular weight is 401 g/mol. The van der Waals surface area contributed by atoms with Gasteiger partial charge in [-0.1, -0.05) is 12.1 Å². The number of para-hydroxylation sites is 2. The van der Waals surface area contributed by atoms with E-state index in [1.165, 1.54) is 0 Å². The second-order valence-corrected chi connectivity index (χ2v) is 7.03. The van der Waals surface area contributed by atoms with Crippen molar-refractivity contribution in [2.75, 3.05) is 18.5 Å². The SMILES string of the molecule is Cl.Cn1c(-c2ccc(NC(=O)C(N)C3CCOCC3)cc2)nc2ccccc21. The third kappa shape index (κ3) is 4.04. The van der Waals surface area contributed by atoms with Crippen LogP contribution in [0, 0.1) is 5.92 Å². The van der Waals surface area contributed by atoms with Crippen LogP contribution in [0.5, 0.6) is 0 Å². The first-order valence-electron chi connectivity index (χ1n) is 9.29. The Kier molecular flexibility index (Phi) is 6.34. The molecule has 0 aliphatic carbocycles. The molecule has 2 heterocycles. The summed E-state index contributed by atoms with van der Waals surface area (Å²) in [7, 11) is 2.01. The lowest BCUT2D eigenvalue weighted by Gasteiger charge is -2.26. The Labute approximate surface area is 170 Å². The van der Waals surface area contributed by atoms with Crippen LogP contribution in [0.4, 0.5) is 5.69 Å². The van der Waals surface area contributed by atoms with Gasteiger partial charge in [0.2, 0.25) is 5.91 Å². The predicted molar refractivity (Wildman–Crippen MR) is 114 cm³/mol. The fraction of sp³-hybridized carbons (Fsp3) is 0.333. The molecule has 1 unspecified atom stereocenters. The molecule has 0 bridgehead atoms. The Morgan fingerprint density at radius 3 is 2.54 bits per heavy atom. The zero-order valence-electron chi connectivity index (χ0n) is 15.8. The van der Waals surface area contributed by atoms with E-state index in [9.17, 15) is 4.79 Å². The number of nitrogens with zero attached hydrogens (tertiary/aromatic N) is 2. The average Bonchev–Trinajstić information content (AvgIpc) is 3.05. The van der Waals surface area contributed by atoms with E-state index in [2.05, 4.69) is 16.0 Å². The van der Waals surface area contributed by atoms with Crippen molar-refractivity contribution in [1.82, 2.24) is 9.55 Å². The molecular weight excluding hydrogens is 376 g/mol. The zero-order valence-corrected chi connectivity index (χ0v) is 16.6. The topological polar surface area (TPSA) is 82.2 Å². The van der Waals surface area contributed by atoms with Crippen LogP contribution in [-0.2, 0) is 16.6 Å². The molecule has 1 saturated heterocycles. The van der Waals surface area contributed by atoms with Gasteiger partial charge in [-0.2, -0.15) is 0 Å². The van der Waals surface area contributed by atoms with Crippen molar-refractivity contribution >= 4 is 35.0 Å². The molecule has 1 fully saturated rings. The molecule has 1 amide bonds. The highest BCUT2D eigenvalue weighted by Gasteiger charge is 2.26. The van der Waals surface area contributed by atoms with Crippen LogP contribution < -0.4 is 11.1 Å². The molecule has 1 aliphatic rings. The number of nitrogens with two attached hydrogens (primary N) is 1. The van der Waals surface area contributed by atoms with Crippen LogP contribution in [0.3, 0.4) is 0 Å². The number of carbonyl (C=O) groups excluding carboxylic acids is 1. The quantitative estimate of drug-likeness (QED) is 0.703. The van der Waals surface area contributed by atoms with Crippen molar-refractivity contribution in [2.24, 2.45) is 18.7 Å². The minimum atomic E-state index is -0.506. The van der Waals surface area contributed by atoms with E-state index in [1.54, 1.807) is 0 Å². The smallest absolute Gasteiger partial charge is 0.241 e. The summed E-state index contributed by atoms with van der Waals surface area (Å²) in [6, 6.07) is 15.3. The summed E-state index contributed by atoms with van der Waals surface area (Å²) in [6.45, 7) is 1.36. The highest BCUT2D eigenvalue weighted by atomic mass is 35.5. The van der Waals surface area contributed by atoms with Crippen LogP contribution >= 0.6 is 12.4 Å². The van der Waals surface area contributed by atoms with E-state index in [0.29, 0.717) is 13.2 Å². The highest BCUT2D eigenvalue weighted by molar-refractivity contribution is 5.95. The second-order valence-electron chi connectivity index (χ2n) is 7.03. The lowest BCUT2D eigenvalue weighted by Crippen LogP contribution is -2.43. The molecule has 3 aromatic rings. The van der Waals surface area contributed by atoms with Crippen molar-refractivity contribution in [3.05, 3.63) is 48.5 Å². The van der Waals surface area contributed by atoms with Crippen LogP contribution in [0.25, 0.3) is 22.4 Å². The van der Waals surface area contributed by atoms with Crippen molar-refractivity contribution in [1.29, 1.82) is 0 Å². The third-order valence-corrected chi connectivity index (χ3v) is 5.27. The van der Waals surface area contributed by atoms with E-state index >= 15 is 0 Å². The highest BCUT2D eigenvalue weighted by Crippen LogP contribution is 2.25. The molecule has 148 valence electrons. The molecular formula is C21H25ClN4O2. The predicted octanol–water partition coefficient (Wildman–Crippen LogP) is 3.35. The minimum Gasteiger partial charge on any atom is -0.381 e. The van der Waals surface area contributed by atoms with Gasteiger partial charge in [0.25, 0.3) is 0 Å². The lowest BCUT2D eigenvalue weighted by atomic mass is 9.92. The largest absolute Gasteiger partial charge is 0.381 e. The van der Waals surface area contributed by atoms with Gasteiger partial charge in [-0.3, -0.25) is 4.79 Å². The van der Waals surface area contributed by atoms with Gasteiger partial charge in [0.05, 0.1) is 17.1 Å². The number of halogens is 1. The molecule has 0 saturated carbocycles. The van der Waals surface area contributed by atoms with Gasteiger partial charge in [0, 0.05) is 31.5 Å². The zero-order chi connectivity index (χ0) is 18.8. The third-order valence-electron chi connectivity index (χ3n) is 5.27. The molecule has 0 radical (unpaired) electrons. The number of ether oxygens (including phenoxy) is 1.